The van der Waals surface area contributed by atoms with Crippen LogP contribution in [0.15, 0.2) is 54.6 Å². The van der Waals surface area contributed by atoms with Gasteiger partial charge in [-0.05, 0) is 31.5 Å². The quantitative estimate of drug-likeness (QED) is 0.555. The molecule has 2 aromatic carbocycles. The molecule has 8 nitrogen and oxygen atoms in total. The molecular formula is C23H22FN3O5S. The second kappa shape index (κ2) is 8.51. The highest BCUT2D eigenvalue weighted by Gasteiger charge is 2.64. The fourth-order valence-corrected chi connectivity index (χ4v) is 5.81. The molecule has 2 aliphatic heterocycles. The van der Waals surface area contributed by atoms with Crippen molar-refractivity contribution in [2.24, 2.45) is 0 Å². The topological polar surface area (TPSA) is 116 Å². The Morgan fingerprint density at radius 3 is 2.36 bits per heavy atom. The molecule has 0 saturated carbocycles. The summed E-state index contributed by atoms with van der Waals surface area (Å²) in [4.78, 5) is 51.6. The maximum atomic E-state index is 14.1. The molecule has 0 aliphatic carbocycles. The summed E-state index contributed by atoms with van der Waals surface area (Å²) in [6.07, 6.45) is 0. The van der Waals surface area contributed by atoms with Gasteiger partial charge in [0.15, 0.2) is 0 Å². The molecule has 0 radical (unpaired) electrons. The Hall–Kier alpha value is -3.40. The lowest BCUT2D eigenvalue weighted by Crippen LogP contribution is -2.71. The normalized spacial score (nSPS) is 23.8. The van der Waals surface area contributed by atoms with Crippen molar-refractivity contribution in [3.05, 3.63) is 71.5 Å². The molecule has 0 aromatic heterocycles. The molecule has 10 heteroatoms. The van der Waals surface area contributed by atoms with Gasteiger partial charge in [0.25, 0.3) is 5.91 Å². The van der Waals surface area contributed by atoms with Gasteiger partial charge in [0.2, 0.25) is 11.8 Å². The van der Waals surface area contributed by atoms with E-state index in [-0.39, 0.29) is 5.56 Å². The lowest BCUT2D eigenvalue weighted by molar-refractivity contribution is -0.161. The van der Waals surface area contributed by atoms with Crippen LogP contribution in [0.25, 0.3) is 0 Å². The first kappa shape index (κ1) is 22.8. The number of carbonyl (C=O) groups is 4. The molecule has 2 aromatic rings. The molecule has 2 aliphatic rings. The number of fused-ring (bicyclic) bond motifs is 1. The van der Waals surface area contributed by atoms with Gasteiger partial charge < -0.3 is 20.6 Å². The summed E-state index contributed by atoms with van der Waals surface area (Å²) in [7, 11) is 0. The second-order valence-corrected chi connectivity index (χ2v) is 10.2. The summed E-state index contributed by atoms with van der Waals surface area (Å²) in [5.41, 5.74) is 0.237. The number of thioether (sulfide) groups is 1. The summed E-state index contributed by atoms with van der Waals surface area (Å²) in [5.74, 6) is -3.75. The van der Waals surface area contributed by atoms with Crippen LogP contribution in [-0.2, 0) is 14.4 Å². The zero-order valence-corrected chi connectivity index (χ0v) is 18.6. The Bertz CT molecular complexity index is 1130. The molecule has 33 heavy (non-hydrogen) atoms. The Labute approximate surface area is 193 Å². The van der Waals surface area contributed by atoms with Crippen LogP contribution < -0.4 is 10.6 Å². The summed E-state index contributed by atoms with van der Waals surface area (Å²) >= 11 is 1.30. The van der Waals surface area contributed by atoms with E-state index in [1.54, 1.807) is 44.2 Å². The standard InChI is InChI=1S/C23H22FN3O5S/c1-23(2)17(22(31)32)27-20(30)16(21(27)33-23)26-19(29)15(12-8-4-3-5-9-12)25-18(28)13-10-6-7-11-14(13)24/h3-11,15-17,21H,1-2H3,(H,25,28)(H,26,29)(H,31,32)/t15-,16-,17+,21+/m1/s1. The van der Waals surface area contributed by atoms with E-state index in [0.29, 0.717) is 5.56 Å². The number of carboxylic acid groups (broad SMARTS) is 1. The maximum absolute atomic E-state index is 14.1. The van der Waals surface area contributed by atoms with Crippen molar-refractivity contribution < 1.29 is 28.7 Å². The van der Waals surface area contributed by atoms with Crippen molar-refractivity contribution in [2.75, 3.05) is 0 Å². The molecule has 0 bridgehead atoms. The fourth-order valence-electron chi connectivity index (χ4n) is 4.18. The average molecular weight is 472 g/mol. The van der Waals surface area contributed by atoms with Crippen molar-refractivity contribution >= 4 is 35.5 Å². The SMILES string of the molecule is CC1(C)S[C@H]2[C@H](NC(=O)[C@H](NC(=O)c3ccccc3F)c3ccccc3)C(=O)N2[C@H]1C(=O)O. The van der Waals surface area contributed by atoms with Crippen molar-refractivity contribution in [3.8, 4) is 0 Å². The van der Waals surface area contributed by atoms with Gasteiger partial charge in [-0.2, -0.15) is 0 Å². The first-order valence-electron chi connectivity index (χ1n) is 10.3. The smallest absolute Gasteiger partial charge is 0.327 e. The van der Waals surface area contributed by atoms with E-state index in [4.69, 9.17) is 0 Å². The number of nitrogens with zero attached hydrogens (tertiary/aromatic N) is 1. The second-order valence-electron chi connectivity index (χ2n) is 8.38. The van der Waals surface area contributed by atoms with Crippen LogP contribution in [0.5, 0.6) is 0 Å². The Balaban J connectivity index is 1.55. The monoisotopic (exact) mass is 471 g/mol. The number of nitrogens with one attached hydrogen (secondary N) is 2. The minimum atomic E-state index is -1.19. The zero-order chi connectivity index (χ0) is 23.9. The third kappa shape index (κ3) is 4.06. The summed E-state index contributed by atoms with van der Waals surface area (Å²) in [6.45, 7) is 3.48. The molecule has 4 atom stereocenters. The third-order valence-corrected chi connectivity index (χ3v) is 7.33. The van der Waals surface area contributed by atoms with Gasteiger partial charge >= 0.3 is 5.97 Å². The van der Waals surface area contributed by atoms with E-state index in [1.165, 1.54) is 34.9 Å². The maximum Gasteiger partial charge on any atom is 0.327 e. The molecular weight excluding hydrogens is 449 g/mol. The molecule has 2 heterocycles. The number of rotatable bonds is 6. The van der Waals surface area contributed by atoms with Crippen molar-refractivity contribution in [1.29, 1.82) is 0 Å². The molecule has 2 fully saturated rings. The van der Waals surface area contributed by atoms with Crippen LogP contribution in [0.3, 0.4) is 0 Å². The third-order valence-electron chi connectivity index (χ3n) is 5.76. The van der Waals surface area contributed by atoms with E-state index < -0.39 is 57.8 Å². The van der Waals surface area contributed by atoms with Gasteiger partial charge in [0.05, 0.1) is 5.56 Å². The summed E-state index contributed by atoms with van der Waals surface area (Å²) < 4.78 is 13.3. The van der Waals surface area contributed by atoms with E-state index in [2.05, 4.69) is 10.6 Å². The van der Waals surface area contributed by atoms with Gasteiger partial charge in [-0.25, -0.2) is 9.18 Å². The highest BCUT2D eigenvalue weighted by molar-refractivity contribution is 8.01. The van der Waals surface area contributed by atoms with Gasteiger partial charge in [-0.15, -0.1) is 11.8 Å². The molecule has 2 saturated heterocycles. The number of hydrogen-bond acceptors (Lipinski definition) is 5. The Morgan fingerprint density at radius 2 is 1.73 bits per heavy atom. The number of benzene rings is 2. The van der Waals surface area contributed by atoms with Crippen LogP contribution in [0.2, 0.25) is 0 Å². The van der Waals surface area contributed by atoms with E-state index in [0.717, 1.165) is 6.07 Å². The largest absolute Gasteiger partial charge is 0.480 e. The van der Waals surface area contributed by atoms with E-state index in [9.17, 15) is 28.7 Å². The average Bonchev–Trinajstić information content (AvgIpc) is 3.04. The molecule has 0 spiro atoms. The predicted molar refractivity (Wildman–Crippen MR) is 119 cm³/mol. The Kier molecular flexibility index (Phi) is 5.87. The predicted octanol–water partition coefficient (Wildman–Crippen LogP) is 1.93. The summed E-state index contributed by atoms with van der Waals surface area (Å²) in [5, 5.41) is 14.2. The van der Waals surface area contributed by atoms with Gasteiger partial charge in [0.1, 0.15) is 29.3 Å². The van der Waals surface area contributed by atoms with Crippen molar-refractivity contribution in [2.45, 2.75) is 42.1 Å². The molecule has 4 rings (SSSR count). The minimum Gasteiger partial charge on any atom is -0.480 e. The number of hydrogen-bond donors (Lipinski definition) is 3. The summed E-state index contributed by atoms with van der Waals surface area (Å²) in [6, 6.07) is 10.7. The first-order chi connectivity index (χ1) is 15.6. The number of β-lactam (4-membered cyclic amide) rings is 1. The van der Waals surface area contributed by atoms with Gasteiger partial charge in [0, 0.05) is 4.75 Å². The van der Waals surface area contributed by atoms with E-state index >= 15 is 0 Å². The number of aliphatic carboxylic acids is 1. The van der Waals surface area contributed by atoms with Gasteiger partial charge in [-0.3, -0.25) is 14.4 Å². The molecule has 172 valence electrons. The zero-order valence-electron chi connectivity index (χ0n) is 17.8. The van der Waals surface area contributed by atoms with Crippen molar-refractivity contribution in [3.63, 3.8) is 0 Å². The van der Waals surface area contributed by atoms with Crippen molar-refractivity contribution in [1.82, 2.24) is 15.5 Å². The molecule has 0 unspecified atom stereocenters. The van der Waals surface area contributed by atoms with Crippen LogP contribution in [0, 0.1) is 5.82 Å². The first-order valence-corrected chi connectivity index (χ1v) is 11.1. The fraction of sp³-hybridized carbons (Fsp3) is 0.304. The lowest BCUT2D eigenvalue weighted by atomic mass is 9.95. The van der Waals surface area contributed by atoms with E-state index in [1.807, 2.05) is 0 Å². The number of carboxylic acids is 1. The molecule has 3 N–H and O–H groups in total. The lowest BCUT2D eigenvalue weighted by Gasteiger charge is -2.44. The highest BCUT2D eigenvalue weighted by Crippen LogP contribution is 2.50. The van der Waals surface area contributed by atoms with Crippen LogP contribution in [0.4, 0.5) is 4.39 Å². The Morgan fingerprint density at radius 1 is 1.09 bits per heavy atom. The van der Waals surface area contributed by atoms with Crippen LogP contribution >= 0.6 is 11.8 Å². The highest BCUT2D eigenvalue weighted by atomic mass is 32.2. The number of amides is 3. The number of halogens is 1. The number of carbonyl (C=O) groups excluding carboxylic acids is 3. The minimum absolute atomic E-state index is 0.213. The molecule has 3 amide bonds. The van der Waals surface area contributed by atoms with Crippen LogP contribution in [0.1, 0.15) is 35.8 Å². The van der Waals surface area contributed by atoms with Gasteiger partial charge in [-0.1, -0.05) is 42.5 Å². The van der Waals surface area contributed by atoms with Crippen LogP contribution in [-0.4, -0.2) is 55.9 Å².